The second-order valence-corrected chi connectivity index (χ2v) is 9.14. The Morgan fingerprint density at radius 3 is 2.69 bits per heavy atom. The minimum Gasteiger partial charge on any atom is -0.482 e. The summed E-state index contributed by atoms with van der Waals surface area (Å²) in [6.07, 6.45) is 0.741. The molecule has 2 heterocycles. The van der Waals surface area contributed by atoms with E-state index in [9.17, 15) is 14.0 Å². The lowest BCUT2D eigenvalue weighted by molar-refractivity contribution is -0.125. The van der Waals surface area contributed by atoms with Crippen LogP contribution in [-0.4, -0.2) is 29.4 Å². The Morgan fingerprint density at radius 1 is 1.14 bits per heavy atom. The van der Waals surface area contributed by atoms with Gasteiger partial charge >= 0.3 is 0 Å². The average molecular weight is 488 g/mol. The average Bonchev–Trinajstić information content (AvgIpc) is 3.33. The van der Waals surface area contributed by atoms with Gasteiger partial charge in [-0.3, -0.25) is 14.5 Å². The van der Waals surface area contributed by atoms with Gasteiger partial charge in [0.2, 0.25) is 5.91 Å². The van der Waals surface area contributed by atoms with Crippen LogP contribution in [0.3, 0.4) is 0 Å². The Balaban J connectivity index is 1.39. The molecule has 1 aliphatic rings. The molecule has 0 bridgehead atoms. The molecule has 4 aromatic rings. The second kappa shape index (κ2) is 9.68. The summed E-state index contributed by atoms with van der Waals surface area (Å²) in [5.41, 5.74) is 3.77. The van der Waals surface area contributed by atoms with E-state index in [0.717, 1.165) is 22.7 Å². The number of hydrogen-bond donors (Lipinski definition) is 1. The fourth-order valence-corrected chi connectivity index (χ4v) is 4.78. The van der Waals surface area contributed by atoms with Crippen LogP contribution in [0.2, 0.25) is 0 Å². The smallest absolute Gasteiger partial charge is 0.265 e. The predicted octanol–water partition coefficient (Wildman–Crippen LogP) is 5.29. The molecule has 0 saturated carbocycles. The first-order valence-corrected chi connectivity index (χ1v) is 12.0. The number of thiazole rings is 1. The first kappa shape index (κ1) is 22.7. The molecular formula is C27H22FN3O3S. The number of carbonyl (C=O) groups excluding carboxylic acids is 2. The molecule has 2 amide bonds. The van der Waals surface area contributed by atoms with Crippen molar-refractivity contribution in [1.29, 1.82) is 0 Å². The molecule has 0 radical (unpaired) electrons. The Labute approximate surface area is 206 Å². The Kier molecular flexibility index (Phi) is 6.29. The molecule has 1 N–H and O–H groups in total. The number of benzene rings is 3. The second-order valence-electron chi connectivity index (χ2n) is 8.20. The molecule has 176 valence electrons. The van der Waals surface area contributed by atoms with Gasteiger partial charge in [-0.15, -0.1) is 11.3 Å². The molecule has 1 aromatic heterocycles. The van der Waals surface area contributed by atoms with Crippen LogP contribution in [-0.2, 0) is 16.0 Å². The van der Waals surface area contributed by atoms with E-state index < -0.39 is 11.9 Å². The summed E-state index contributed by atoms with van der Waals surface area (Å²) in [5, 5.41) is 5.71. The van der Waals surface area contributed by atoms with E-state index in [1.807, 2.05) is 35.7 Å². The van der Waals surface area contributed by atoms with Gasteiger partial charge in [0.1, 0.15) is 17.6 Å². The third-order valence-electron chi connectivity index (χ3n) is 5.76. The molecule has 1 unspecified atom stereocenters. The van der Waals surface area contributed by atoms with Gasteiger partial charge in [0.15, 0.2) is 6.61 Å². The van der Waals surface area contributed by atoms with Crippen LogP contribution in [0.1, 0.15) is 17.5 Å². The van der Waals surface area contributed by atoms with E-state index in [-0.39, 0.29) is 18.4 Å². The van der Waals surface area contributed by atoms with Gasteiger partial charge in [0.05, 0.1) is 16.4 Å². The SMILES string of the molecule is CC(C(=O)Nc1ccc(F)cc1)N1C(=O)COc2ccc(-c3csc(Cc4ccccc4)n3)cc21. The standard InChI is InChI=1S/C27H22FN3O3S/c1-17(27(33)29-21-10-8-20(28)9-11-21)31-23-14-19(7-12-24(23)34-15-26(31)32)22-16-35-25(30-22)13-18-5-3-2-4-6-18/h2-12,14,16-17H,13,15H2,1H3,(H,29,33). The highest BCUT2D eigenvalue weighted by Gasteiger charge is 2.33. The Morgan fingerprint density at radius 2 is 1.91 bits per heavy atom. The first-order chi connectivity index (χ1) is 17.0. The van der Waals surface area contributed by atoms with Crippen LogP contribution in [0, 0.1) is 5.82 Å². The van der Waals surface area contributed by atoms with Crippen LogP contribution >= 0.6 is 11.3 Å². The van der Waals surface area contributed by atoms with Crippen molar-refractivity contribution in [3.05, 3.63) is 94.6 Å². The summed E-state index contributed by atoms with van der Waals surface area (Å²) in [5.74, 6) is -0.578. The Bertz CT molecular complexity index is 1370. The highest BCUT2D eigenvalue weighted by atomic mass is 32.1. The number of nitrogens with zero attached hydrogens (tertiary/aromatic N) is 2. The maximum Gasteiger partial charge on any atom is 0.265 e. The molecule has 6 nitrogen and oxygen atoms in total. The van der Waals surface area contributed by atoms with Crippen LogP contribution in [0.25, 0.3) is 11.3 Å². The molecule has 0 fully saturated rings. The number of amides is 2. The molecule has 0 aliphatic carbocycles. The van der Waals surface area contributed by atoms with Crippen LogP contribution in [0.4, 0.5) is 15.8 Å². The van der Waals surface area contributed by atoms with Crippen molar-refractivity contribution >= 4 is 34.5 Å². The summed E-state index contributed by atoms with van der Waals surface area (Å²) in [6, 6.07) is 20.3. The largest absolute Gasteiger partial charge is 0.482 e. The summed E-state index contributed by atoms with van der Waals surface area (Å²) >= 11 is 1.58. The zero-order chi connectivity index (χ0) is 24.4. The van der Waals surface area contributed by atoms with E-state index in [4.69, 9.17) is 9.72 Å². The van der Waals surface area contributed by atoms with Crippen molar-refractivity contribution in [2.24, 2.45) is 0 Å². The molecule has 8 heteroatoms. The highest BCUT2D eigenvalue weighted by molar-refractivity contribution is 7.10. The number of hydrogen-bond acceptors (Lipinski definition) is 5. The van der Waals surface area contributed by atoms with Crippen LogP contribution < -0.4 is 15.0 Å². The maximum absolute atomic E-state index is 13.2. The van der Waals surface area contributed by atoms with Crippen LogP contribution in [0.5, 0.6) is 5.75 Å². The normalized spacial score (nSPS) is 13.7. The highest BCUT2D eigenvalue weighted by Crippen LogP contribution is 2.37. The number of rotatable bonds is 6. The van der Waals surface area contributed by atoms with Crippen LogP contribution in [0.15, 0.2) is 78.2 Å². The molecule has 0 spiro atoms. The third-order valence-corrected chi connectivity index (χ3v) is 6.61. The number of aromatic nitrogens is 1. The van der Waals surface area contributed by atoms with E-state index in [1.54, 1.807) is 24.3 Å². The first-order valence-electron chi connectivity index (χ1n) is 11.1. The van der Waals surface area contributed by atoms with Gasteiger partial charge < -0.3 is 10.1 Å². The quantitative estimate of drug-likeness (QED) is 0.401. The minimum absolute atomic E-state index is 0.154. The number of halogens is 1. The Hall–Kier alpha value is -4.04. The lowest BCUT2D eigenvalue weighted by Gasteiger charge is -2.33. The van der Waals surface area contributed by atoms with Gasteiger partial charge in [0, 0.05) is 23.1 Å². The number of fused-ring (bicyclic) bond motifs is 1. The van der Waals surface area contributed by atoms with Crippen molar-refractivity contribution in [3.63, 3.8) is 0 Å². The van der Waals surface area contributed by atoms with Crippen molar-refractivity contribution in [2.75, 3.05) is 16.8 Å². The number of nitrogens with one attached hydrogen (secondary N) is 1. The van der Waals surface area contributed by atoms with Gasteiger partial charge in [-0.2, -0.15) is 0 Å². The molecular weight excluding hydrogens is 465 g/mol. The molecule has 3 aromatic carbocycles. The van der Waals surface area contributed by atoms with Crippen molar-refractivity contribution < 1.29 is 18.7 Å². The van der Waals surface area contributed by atoms with Crippen molar-refractivity contribution in [2.45, 2.75) is 19.4 Å². The lowest BCUT2D eigenvalue weighted by Crippen LogP contribution is -2.49. The summed E-state index contributed by atoms with van der Waals surface area (Å²) in [6.45, 7) is 1.50. The van der Waals surface area contributed by atoms with Crippen molar-refractivity contribution in [1.82, 2.24) is 4.98 Å². The number of ether oxygens (including phenoxy) is 1. The monoisotopic (exact) mass is 487 g/mol. The van der Waals surface area contributed by atoms with E-state index in [0.29, 0.717) is 17.1 Å². The molecule has 5 rings (SSSR count). The minimum atomic E-state index is -0.811. The summed E-state index contributed by atoms with van der Waals surface area (Å²) < 4.78 is 18.8. The van der Waals surface area contributed by atoms with Gasteiger partial charge in [-0.05, 0) is 55.0 Å². The lowest BCUT2D eigenvalue weighted by atomic mass is 10.1. The molecule has 1 atom stereocenters. The van der Waals surface area contributed by atoms with Gasteiger partial charge in [-0.25, -0.2) is 9.37 Å². The fraction of sp³-hybridized carbons (Fsp3) is 0.148. The fourth-order valence-electron chi connectivity index (χ4n) is 3.95. The zero-order valence-corrected chi connectivity index (χ0v) is 19.7. The predicted molar refractivity (Wildman–Crippen MR) is 134 cm³/mol. The third kappa shape index (κ3) is 4.93. The number of carbonyl (C=O) groups is 2. The van der Waals surface area contributed by atoms with Gasteiger partial charge in [-0.1, -0.05) is 30.3 Å². The summed E-state index contributed by atoms with van der Waals surface area (Å²) in [7, 11) is 0. The zero-order valence-electron chi connectivity index (χ0n) is 18.9. The molecule has 0 saturated heterocycles. The maximum atomic E-state index is 13.2. The molecule has 1 aliphatic heterocycles. The number of anilines is 2. The summed E-state index contributed by atoms with van der Waals surface area (Å²) in [4.78, 5) is 32.0. The van der Waals surface area contributed by atoms with E-state index >= 15 is 0 Å². The topological polar surface area (TPSA) is 71.5 Å². The van der Waals surface area contributed by atoms with E-state index in [2.05, 4.69) is 17.4 Å². The van der Waals surface area contributed by atoms with Gasteiger partial charge in [0.25, 0.3) is 5.91 Å². The van der Waals surface area contributed by atoms with E-state index in [1.165, 1.54) is 34.7 Å². The van der Waals surface area contributed by atoms with Crippen molar-refractivity contribution in [3.8, 4) is 17.0 Å². The molecule has 35 heavy (non-hydrogen) atoms.